The second-order valence-electron chi connectivity index (χ2n) is 7.27. The number of hydrogen-bond donors (Lipinski definition) is 1. The number of methoxy groups -OCH3 is 1. The first kappa shape index (κ1) is 23.9. The number of benzene rings is 2. The number of carbonyl (C=O) groups is 1. The summed E-state index contributed by atoms with van der Waals surface area (Å²) in [7, 11) is 1.45. The molecule has 0 unspecified atom stereocenters. The molecule has 1 atom stereocenters. The molecule has 10 heteroatoms. The molecule has 0 fully saturated rings. The summed E-state index contributed by atoms with van der Waals surface area (Å²) in [5, 5.41) is 14.0. The molecule has 8 nitrogen and oxygen atoms in total. The van der Waals surface area contributed by atoms with Gasteiger partial charge >= 0.3 is 5.97 Å². The molecule has 0 saturated heterocycles. The smallest absolute Gasteiger partial charge is 0.344 e. The number of ether oxygens (including phenoxy) is 2. The highest BCUT2D eigenvalue weighted by Crippen LogP contribution is 2.33. The van der Waals surface area contributed by atoms with Crippen LogP contribution in [0, 0.1) is 0 Å². The fourth-order valence-corrected chi connectivity index (χ4v) is 3.70. The van der Waals surface area contributed by atoms with E-state index in [0.29, 0.717) is 32.5 Å². The van der Waals surface area contributed by atoms with E-state index in [1.54, 1.807) is 24.3 Å². The molecule has 0 radical (unpaired) electrons. The monoisotopic (exact) mass is 565 g/mol. The van der Waals surface area contributed by atoms with Crippen LogP contribution in [0.2, 0.25) is 0 Å². The lowest BCUT2D eigenvalue weighted by Crippen LogP contribution is -2.23. The van der Waals surface area contributed by atoms with Crippen LogP contribution in [-0.4, -0.2) is 40.2 Å². The Balaban J connectivity index is 2.09. The van der Waals surface area contributed by atoms with Gasteiger partial charge in [-0.05, 0) is 53.2 Å². The normalized spacial score (nSPS) is 12.5. The molecule has 0 aliphatic heterocycles. The summed E-state index contributed by atoms with van der Waals surface area (Å²) < 4.78 is 13.4. The molecule has 1 aromatic heterocycles. The fourth-order valence-electron chi connectivity index (χ4n) is 2.91. The molecular formula is C22H21Br2N3O5. The zero-order chi connectivity index (χ0) is 23.6. The van der Waals surface area contributed by atoms with E-state index in [0.717, 1.165) is 4.47 Å². The van der Waals surface area contributed by atoms with Crippen LogP contribution in [0.5, 0.6) is 11.5 Å². The molecule has 3 rings (SSSR count). The molecule has 0 aliphatic rings. The van der Waals surface area contributed by atoms with Crippen molar-refractivity contribution in [2.24, 2.45) is 5.10 Å². The largest absolute Gasteiger partial charge is 0.493 e. The maximum Gasteiger partial charge on any atom is 0.344 e. The topological polar surface area (TPSA) is 103 Å². The third kappa shape index (κ3) is 5.02. The predicted molar refractivity (Wildman–Crippen MR) is 129 cm³/mol. The maximum atomic E-state index is 13.2. The summed E-state index contributed by atoms with van der Waals surface area (Å²) in [4.78, 5) is 28.9. The highest BCUT2D eigenvalue weighted by Gasteiger charge is 2.18. The fraction of sp³-hybridized carbons (Fsp3) is 0.273. The maximum absolute atomic E-state index is 13.2. The average Bonchev–Trinajstić information content (AvgIpc) is 2.74. The zero-order valence-electron chi connectivity index (χ0n) is 17.8. The first-order valence-corrected chi connectivity index (χ1v) is 11.2. The number of aliphatic carboxylic acids is 1. The van der Waals surface area contributed by atoms with E-state index in [1.165, 1.54) is 24.9 Å². The van der Waals surface area contributed by atoms with Gasteiger partial charge in [0.15, 0.2) is 17.6 Å². The first-order chi connectivity index (χ1) is 15.1. The van der Waals surface area contributed by atoms with Crippen LogP contribution in [0.3, 0.4) is 0 Å². The summed E-state index contributed by atoms with van der Waals surface area (Å²) in [6, 6.07) is 8.59. The van der Waals surface area contributed by atoms with Gasteiger partial charge in [-0.25, -0.2) is 9.78 Å². The zero-order valence-corrected chi connectivity index (χ0v) is 21.0. The predicted octanol–water partition coefficient (Wildman–Crippen LogP) is 4.79. The Kier molecular flexibility index (Phi) is 7.35. The van der Waals surface area contributed by atoms with Crippen molar-refractivity contribution in [1.29, 1.82) is 0 Å². The molecule has 168 valence electrons. The second kappa shape index (κ2) is 9.83. The third-order valence-corrected chi connectivity index (χ3v) is 5.78. The van der Waals surface area contributed by atoms with Crippen LogP contribution in [0.4, 0.5) is 0 Å². The standard InChI is InChI=1S/C22H21Br2N3O5/c1-11(2)20-26-17-6-5-14(23)8-15(17)21(28)27(20)25-10-13-7-18(31-4)19(9-16(13)24)32-12(3)22(29)30/h5-12H,1-4H3,(H,29,30)/t12-/m1/s1. The Hall–Kier alpha value is -2.72. The Bertz CT molecular complexity index is 1270. The van der Waals surface area contributed by atoms with Crippen LogP contribution in [0.25, 0.3) is 10.9 Å². The molecule has 0 aliphatic carbocycles. The van der Waals surface area contributed by atoms with Gasteiger partial charge in [-0.1, -0.05) is 29.8 Å². The second-order valence-corrected chi connectivity index (χ2v) is 9.04. The van der Waals surface area contributed by atoms with Crippen molar-refractivity contribution in [2.75, 3.05) is 7.11 Å². The lowest BCUT2D eigenvalue weighted by Gasteiger charge is -2.15. The van der Waals surface area contributed by atoms with E-state index in [-0.39, 0.29) is 17.2 Å². The molecule has 0 saturated carbocycles. The lowest BCUT2D eigenvalue weighted by molar-refractivity contribution is -0.144. The molecule has 2 aromatic carbocycles. The van der Waals surface area contributed by atoms with E-state index < -0.39 is 12.1 Å². The highest BCUT2D eigenvalue weighted by molar-refractivity contribution is 9.10. The van der Waals surface area contributed by atoms with Crippen LogP contribution >= 0.6 is 31.9 Å². The van der Waals surface area contributed by atoms with E-state index in [4.69, 9.17) is 14.6 Å². The van der Waals surface area contributed by atoms with Gasteiger partial charge in [0.2, 0.25) is 0 Å². The van der Waals surface area contributed by atoms with Crippen molar-refractivity contribution in [3.05, 3.63) is 61.0 Å². The van der Waals surface area contributed by atoms with Gasteiger partial charge in [-0.3, -0.25) is 4.79 Å². The summed E-state index contributed by atoms with van der Waals surface area (Å²) in [6.07, 6.45) is 0.459. The molecule has 3 aromatic rings. The Morgan fingerprint density at radius 2 is 1.91 bits per heavy atom. The number of fused-ring (bicyclic) bond motifs is 1. The lowest BCUT2D eigenvalue weighted by atomic mass is 10.2. The van der Waals surface area contributed by atoms with Crippen molar-refractivity contribution in [3.63, 3.8) is 0 Å². The van der Waals surface area contributed by atoms with Crippen LogP contribution in [0.1, 0.15) is 38.1 Å². The minimum absolute atomic E-state index is 0.0424. The highest BCUT2D eigenvalue weighted by atomic mass is 79.9. The quantitative estimate of drug-likeness (QED) is 0.412. The van der Waals surface area contributed by atoms with Gasteiger partial charge in [0.25, 0.3) is 5.56 Å². The first-order valence-electron chi connectivity index (χ1n) is 9.66. The molecular weight excluding hydrogens is 546 g/mol. The van der Waals surface area contributed by atoms with Gasteiger partial charge in [-0.15, -0.1) is 0 Å². The van der Waals surface area contributed by atoms with Gasteiger partial charge in [-0.2, -0.15) is 9.78 Å². The number of hydrogen-bond acceptors (Lipinski definition) is 6. The Labute approximate surface area is 201 Å². The summed E-state index contributed by atoms with van der Waals surface area (Å²) in [5.41, 5.74) is 0.924. The SMILES string of the molecule is COc1cc(C=Nn2c(C(C)C)nc3ccc(Br)cc3c2=O)c(Br)cc1O[C@H](C)C(=O)O. The minimum Gasteiger partial charge on any atom is -0.493 e. The van der Waals surface area contributed by atoms with Crippen molar-refractivity contribution >= 4 is 54.9 Å². The van der Waals surface area contributed by atoms with E-state index in [2.05, 4.69) is 41.9 Å². The van der Waals surface area contributed by atoms with Crippen molar-refractivity contribution < 1.29 is 19.4 Å². The van der Waals surface area contributed by atoms with Crippen LogP contribution in [-0.2, 0) is 4.79 Å². The number of aromatic nitrogens is 2. The van der Waals surface area contributed by atoms with Gasteiger partial charge in [0.05, 0.1) is 24.2 Å². The number of halogens is 2. The minimum atomic E-state index is -1.09. The van der Waals surface area contributed by atoms with Crippen LogP contribution < -0.4 is 15.0 Å². The number of carboxylic acid groups (broad SMARTS) is 1. The summed E-state index contributed by atoms with van der Waals surface area (Å²) in [6.45, 7) is 5.30. The Morgan fingerprint density at radius 1 is 1.19 bits per heavy atom. The number of carboxylic acids is 1. The van der Waals surface area contributed by atoms with E-state index >= 15 is 0 Å². The number of rotatable bonds is 7. The van der Waals surface area contributed by atoms with Gasteiger partial charge in [0, 0.05) is 20.4 Å². The third-order valence-electron chi connectivity index (χ3n) is 4.60. The average molecular weight is 567 g/mol. The molecule has 0 bridgehead atoms. The molecule has 1 N–H and O–H groups in total. The molecule has 32 heavy (non-hydrogen) atoms. The van der Waals surface area contributed by atoms with Crippen LogP contribution in [0.15, 0.2) is 49.2 Å². The summed E-state index contributed by atoms with van der Waals surface area (Å²) in [5.74, 6) is -0.00757. The Morgan fingerprint density at radius 3 is 2.53 bits per heavy atom. The van der Waals surface area contributed by atoms with Gasteiger partial charge in [0.1, 0.15) is 5.82 Å². The molecule has 1 heterocycles. The van der Waals surface area contributed by atoms with Gasteiger partial charge < -0.3 is 14.6 Å². The number of nitrogens with zero attached hydrogens (tertiary/aromatic N) is 3. The van der Waals surface area contributed by atoms with Crippen molar-refractivity contribution in [2.45, 2.75) is 32.8 Å². The summed E-state index contributed by atoms with van der Waals surface area (Å²) >= 11 is 6.83. The van der Waals surface area contributed by atoms with Crippen molar-refractivity contribution in [1.82, 2.24) is 9.66 Å². The van der Waals surface area contributed by atoms with E-state index in [9.17, 15) is 9.59 Å². The van der Waals surface area contributed by atoms with E-state index in [1.807, 2.05) is 19.9 Å². The molecule has 0 spiro atoms. The van der Waals surface area contributed by atoms with Crippen molar-refractivity contribution in [3.8, 4) is 11.5 Å². The molecule has 0 amide bonds.